The molecule has 1 amide bonds. The van der Waals surface area contributed by atoms with Gasteiger partial charge in [0.2, 0.25) is 0 Å². The fraction of sp³-hybridized carbons (Fsp3) is 0.200. The second kappa shape index (κ2) is 8.15. The Morgan fingerprint density at radius 1 is 1.15 bits per heavy atom. The summed E-state index contributed by atoms with van der Waals surface area (Å²) >= 11 is 0. The lowest BCUT2D eigenvalue weighted by molar-refractivity contribution is -0.127. The van der Waals surface area contributed by atoms with Crippen molar-refractivity contribution >= 4 is 5.91 Å². The number of hydrogen-bond acceptors (Lipinski definition) is 5. The van der Waals surface area contributed by atoms with Crippen LogP contribution in [0.2, 0.25) is 0 Å². The Morgan fingerprint density at radius 3 is 2.44 bits per heavy atom. The van der Waals surface area contributed by atoms with Crippen LogP contribution in [0, 0.1) is 11.3 Å². The maximum atomic E-state index is 12.4. The first-order chi connectivity index (χ1) is 13.1. The molecule has 136 valence electrons. The monoisotopic (exact) mass is 361 g/mol. The van der Waals surface area contributed by atoms with Crippen LogP contribution in [0.15, 0.2) is 61.2 Å². The van der Waals surface area contributed by atoms with Gasteiger partial charge in [-0.25, -0.2) is 9.67 Å². The molecule has 0 aliphatic carbocycles. The molecular weight excluding hydrogens is 342 g/mol. The van der Waals surface area contributed by atoms with Crippen LogP contribution >= 0.6 is 0 Å². The van der Waals surface area contributed by atoms with E-state index in [0.717, 1.165) is 11.3 Å². The van der Waals surface area contributed by atoms with Crippen molar-refractivity contribution in [1.82, 2.24) is 20.1 Å². The molecule has 7 nitrogen and oxygen atoms in total. The van der Waals surface area contributed by atoms with Crippen LogP contribution in [0.4, 0.5) is 0 Å². The molecule has 3 rings (SSSR count). The van der Waals surface area contributed by atoms with Gasteiger partial charge in [0.15, 0.2) is 6.10 Å². The normalized spacial score (nSPS) is 12.6. The number of amides is 1. The maximum Gasteiger partial charge on any atom is 0.261 e. The number of nitriles is 1. The Balaban J connectivity index is 1.58. The number of carbonyl (C=O) groups is 1. The van der Waals surface area contributed by atoms with Gasteiger partial charge in [0.05, 0.1) is 23.4 Å². The molecule has 0 fully saturated rings. The lowest BCUT2D eigenvalue weighted by atomic mass is 10.1. The van der Waals surface area contributed by atoms with E-state index in [-0.39, 0.29) is 11.9 Å². The number of ether oxygens (including phenoxy) is 1. The summed E-state index contributed by atoms with van der Waals surface area (Å²) in [6.07, 6.45) is 2.45. The summed E-state index contributed by atoms with van der Waals surface area (Å²) in [7, 11) is 0. The number of benzene rings is 2. The van der Waals surface area contributed by atoms with Gasteiger partial charge in [-0.2, -0.15) is 10.4 Å². The van der Waals surface area contributed by atoms with Crippen LogP contribution in [0.3, 0.4) is 0 Å². The maximum absolute atomic E-state index is 12.4. The third kappa shape index (κ3) is 4.50. The average molecular weight is 361 g/mol. The van der Waals surface area contributed by atoms with Gasteiger partial charge in [0.1, 0.15) is 18.4 Å². The minimum absolute atomic E-state index is 0.172. The molecule has 1 N–H and O–H groups in total. The molecule has 2 atom stereocenters. The number of rotatable bonds is 6. The van der Waals surface area contributed by atoms with Gasteiger partial charge in [-0.05, 0) is 55.8 Å². The fourth-order valence-electron chi connectivity index (χ4n) is 2.54. The summed E-state index contributed by atoms with van der Waals surface area (Å²) in [5.41, 5.74) is 2.41. The van der Waals surface area contributed by atoms with Crippen molar-refractivity contribution < 1.29 is 9.53 Å². The third-order valence-corrected chi connectivity index (χ3v) is 4.10. The van der Waals surface area contributed by atoms with E-state index in [1.54, 1.807) is 42.2 Å². The summed E-state index contributed by atoms with van der Waals surface area (Å²) in [5, 5.41) is 15.8. The molecule has 0 spiro atoms. The molecule has 3 aromatic rings. The zero-order valence-electron chi connectivity index (χ0n) is 15.0. The molecule has 0 bridgehead atoms. The average Bonchev–Trinajstić information content (AvgIpc) is 3.23. The van der Waals surface area contributed by atoms with E-state index in [1.807, 2.05) is 37.3 Å². The summed E-state index contributed by atoms with van der Waals surface area (Å²) in [4.78, 5) is 16.3. The van der Waals surface area contributed by atoms with Crippen molar-refractivity contribution in [2.24, 2.45) is 0 Å². The molecule has 2 aromatic carbocycles. The molecule has 0 aliphatic heterocycles. The molecule has 27 heavy (non-hydrogen) atoms. The molecule has 1 heterocycles. The summed E-state index contributed by atoms with van der Waals surface area (Å²) in [6, 6.07) is 16.2. The highest BCUT2D eigenvalue weighted by Crippen LogP contribution is 2.17. The third-order valence-electron chi connectivity index (χ3n) is 4.10. The van der Waals surface area contributed by atoms with E-state index in [2.05, 4.69) is 15.4 Å². The van der Waals surface area contributed by atoms with Crippen LogP contribution in [0.5, 0.6) is 5.75 Å². The Morgan fingerprint density at radius 2 is 1.85 bits per heavy atom. The second-order valence-electron chi connectivity index (χ2n) is 6.06. The fourth-order valence-corrected chi connectivity index (χ4v) is 2.54. The highest BCUT2D eigenvalue weighted by Gasteiger charge is 2.18. The van der Waals surface area contributed by atoms with Gasteiger partial charge in [-0.15, -0.1) is 0 Å². The molecule has 0 aliphatic rings. The van der Waals surface area contributed by atoms with Crippen molar-refractivity contribution in [3.63, 3.8) is 0 Å². The number of hydrogen-bond donors (Lipinski definition) is 1. The van der Waals surface area contributed by atoms with Gasteiger partial charge < -0.3 is 10.1 Å². The molecule has 0 saturated heterocycles. The van der Waals surface area contributed by atoms with Crippen molar-refractivity contribution in [2.75, 3.05) is 0 Å². The smallest absolute Gasteiger partial charge is 0.261 e. The van der Waals surface area contributed by atoms with E-state index in [1.165, 1.54) is 6.33 Å². The Kier molecular flexibility index (Phi) is 5.47. The quantitative estimate of drug-likeness (QED) is 0.729. The van der Waals surface area contributed by atoms with E-state index in [0.29, 0.717) is 11.3 Å². The number of aromatic nitrogens is 3. The summed E-state index contributed by atoms with van der Waals surface area (Å²) in [5.74, 6) is 0.328. The zero-order valence-corrected chi connectivity index (χ0v) is 15.0. The van der Waals surface area contributed by atoms with Crippen LogP contribution in [0.1, 0.15) is 31.0 Å². The van der Waals surface area contributed by atoms with Crippen LogP contribution in [-0.4, -0.2) is 26.8 Å². The summed E-state index contributed by atoms with van der Waals surface area (Å²) in [6.45, 7) is 3.60. The van der Waals surface area contributed by atoms with Gasteiger partial charge >= 0.3 is 0 Å². The highest BCUT2D eigenvalue weighted by molar-refractivity contribution is 5.81. The van der Waals surface area contributed by atoms with Gasteiger partial charge in [-0.3, -0.25) is 4.79 Å². The predicted molar refractivity (Wildman–Crippen MR) is 99.2 cm³/mol. The molecule has 7 heteroatoms. The van der Waals surface area contributed by atoms with E-state index >= 15 is 0 Å². The molecule has 1 aromatic heterocycles. The van der Waals surface area contributed by atoms with Crippen LogP contribution in [-0.2, 0) is 4.79 Å². The Hall–Kier alpha value is -3.66. The van der Waals surface area contributed by atoms with Crippen molar-refractivity contribution in [3.05, 3.63) is 72.3 Å². The zero-order chi connectivity index (χ0) is 19.2. The molecular formula is C20H19N5O2. The van der Waals surface area contributed by atoms with Crippen molar-refractivity contribution in [3.8, 4) is 17.5 Å². The Labute approximate surface area is 157 Å². The number of nitrogens with one attached hydrogen (secondary N) is 1. The highest BCUT2D eigenvalue weighted by atomic mass is 16.5. The SMILES string of the molecule is C[C@H](Oc1ccc(C#N)cc1)C(=O)N[C@@H](C)c1ccc(-n2cncn2)cc1. The predicted octanol–water partition coefficient (Wildman–Crippen LogP) is 2.78. The number of nitrogens with zero attached hydrogens (tertiary/aromatic N) is 4. The van der Waals surface area contributed by atoms with Crippen LogP contribution in [0.25, 0.3) is 5.69 Å². The molecule has 0 saturated carbocycles. The Bertz CT molecular complexity index is 928. The second-order valence-corrected chi connectivity index (χ2v) is 6.06. The minimum Gasteiger partial charge on any atom is -0.481 e. The first-order valence-electron chi connectivity index (χ1n) is 8.49. The molecule has 0 unspecified atom stereocenters. The number of carbonyl (C=O) groups excluding carboxylic acids is 1. The lowest BCUT2D eigenvalue weighted by Gasteiger charge is -2.19. The van der Waals surface area contributed by atoms with Gasteiger partial charge in [0, 0.05) is 0 Å². The van der Waals surface area contributed by atoms with Gasteiger partial charge in [0.25, 0.3) is 5.91 Å². The van der Waals surface area contributed by atoms with Crippen molar-refractivity contribution in [2.45, 2.75) is 26.0 Å². The summed E-state index contributed by atoms with van der Waals surface area (Å²) < 4.78 is 7.31. The van der Waals surface area contributed by atoms with Gasteiger partial charge in [-0.1, -0.05) is 12.1 Å². The standard InChI is InChI=1S/C20H19N5O2/c1-14(17-5-7-18(8-6-17)25-13-22-12-23-25)24-20(26)15(2)27-19-9-3-16(11-21)4-10-19/h3-10,12-15H,1-2H3,(H,24,26)/t14-,15-/m0/s1. The first-order valence-corrected chi connectivity index (χ1v) is 8.49. The van der Waals surface area contributed by atoms with Crippen LogP contribution < -0.4 is 10.1 Å². The first kappa shape index (κ1) is 18.1. The largest absolute Gasteiger partial charge is 0.481 e. The molecule has 0 radical (unpaired) electrons. The van der Waals surface area contributed by atoms with Crippen molar-refractivity contribution in [1.29, 1.82) is 5.26 Å². The van der Waals surface area contributed by atoms with E-state index in [9.17, 15) is 4.79 Å². The van der Waals surface area contributed by atoms with E-state index < -0.39 is 6.10 Å². The topological polar surface area (TPSA) is 92.8 Å². The minimum atomic E-state index is -0.658. The van der Waals surface area contributed by atoms with E-state index in [4.69, 9.17) is 10.00 Å². The lowest BCUT2D eigenvalue weighted by Crippen LogP contribution is -2.37.